The molecule has 0 bridgehead atoms. The van der Waals surface area contributed by atoms with Crippen LogP contribution in [0.4, 0.5) is 0 Å². The van der Waals surface area contributed by atoms with Crippen LogP contribution in [0.2, 0.25) is 0 Å². The Balaban J connectivity index is 2.17. The summed E-state index contributed by atoms with van der Waals surface area (Å²) in [4.78, 5) is 4.41. The number of aromatic amines is 2. The predicted octanol–water partition coefficient (Wildman–Crippen LogP) is -0.702. The second kappa shape index (κ2) is 6.71. The van der Waals surface area contributed by atoms with E-state index in [1.807, 2.05) is 0 Å². The Kier molecular flexibility index (Phi) is 5.09. The van der Waals surface area contributed by atoms with E-state index in [9.17, 15) is 25.9 Å². The van der Waals surface area contributed by atoms with Gasteiger partial charge in [-0.15, -0.1) is 0 Å². The predicted molar refractivity (Wildman–Crippen MR) is 73.9 cm³/mol. The Bertz CT molecular complexity index is 834. The Hall–Kier alpha value is -1.88. The molecular formula is C13H14N2O6S2. The van der Waals surface area contributed by atoms with Crippen molar-refractivity contribution in [1.29, 1.82) is 0 Å². The average Bonchev–Trinajstić information content (AvgIpc) is 2.46. The van der Waals surface area contributed by atoms with E-state index in [2.05, 4.69) is 9.97 Å². The molecule has 2 aromatic heterocycles. The van der Waals surface area contributed by atoms with E-state index in [1.165, 1.54) is 24.5 Å². The van der Waals surface area contributed by atoms with Crippen molar-refractivity contribution in [3.63, 3.8) is 0 Å². The molecule has 0 saturated heterocycles. The molecule has 0 aliphatic carbocycles. The van der Waals surface area contributed by atoms with Crippen LogP contribution in [0.25, 0.3) is 0 Å². The van der Waals surface area contributed by atoms with Gasteiger partial charge in [-0.05, 0) is 30.4 Å². The maximum absolute atomic E-state index is 11.2. The van der Waals surface area contributed by atoms with E-state index < -0.39 is 20.2 Å². The molecule has 23 heavy (non-hydrogen) atoms. The lowest BCUT2D eigenvalue weighted by atomic mass is 10.1. The van der Waals surface area contributed by atoms with Gasteiger partial charge in [-0.1, -0.05) is 0 Å². The van der Waals surface area contributed by atoms with Gasteiger partial charge in [0.25, 0.3) is 0 Å². The molecule has 0 atom stereocenters. The van der Waals surface area contributed by atoms with E-state index in [4.69, 9.17) is 0 Å². The number of H-pyrrole nitrogens is 2. The maximum Gasteiger partial charge on any atom is 0.184 e. The highest BCUT2D eigenvalue weighted by molar-refractivity contribution is 7.86. The topological polar surface area (TPSA) is 143 Å². The molecule has 8 nitrogen and oxygen atoms in total. The summed E-state index contributed by atoms with van der Waals surface area (Å²) in [6, 6.07) is 2.96. The molecule has 0 spiro atoms. The molecule has 0 aliphatic heterocycles. The third-order valence-corrected chi connectivity index (χ3v) is 5.09. The Labute approximate surface area is 133 Å². The summed E-state index contributed by atoms with van der Waals surface area (Å²) in [5.74, 6) is 0. The zero-order valence-electron chi connectivity index (χ0n) is 11.9. The van der Waals surface area contributed by atoms with E-state index in [1.54, 1.807) is 0 Å². The van der Waals surface area contributed by atoms with E-state index in [0.29, 0.717) is 17.5 Å². The molecule has 2 heterocycles. The summed E-state index contributed by atoms with van der Waals surface area (Å²) in [5, 5.41) is 0. The molecule has 2 N–H and O–H groups in total. The van der Waals surface area contributed by atoms with Gasteiger partial charge in [0.2, 0.25) is 0 Å². The summed E-state index contributed by atoms with van der Waals surface area (Å²) < 4.78 is 67.0. The fraction of sp³-hybridized carbons (Fsp3) is 0.231. The van der Waals surface area contributed by atoms with Crippen molar-refractivity contribution in [2.45, 2.75) is 29.1 Å². The molecule has 0 amide bonds. The number of nitrogens with one attached hydrogen (secondary N) is 2. The highest BCUT2D eigenvalue weighted by atomic mass is 32.2. The third-order valence-electron chi connectivity index (χ3n) is 3.25. The standard InChI is InChI=1S/C13H14N2O6S2/c16-22(17,18)12-8-14-6-4-10(12)2-1-3-11-5-7-15-9-13(11)23(19,20)21/h4-9H,1-3H2,(H,16,17,18)(H,19,20,21). The van der Waals surface area contributed by atoms with Gasteiger partial charge in [0.1, 0.15) is 30.0 Å². The number of hydrogen-bond acceptors (Lipinski definition) is 6. The van der Waals surface area contributed by atoms with Crippen LogP contribution in [0.3, 0.4) is 0 Å². The Morgan fingerprint density at radius 1 is 0.783 bits per heavy atom. The minimum Gasteiger partial charge on any atom is -0.744 e. The fourth-order valence-electron chi connectivity index (χ4n) is 2.24. The first kappa shape index (κ1) is 17.5. The summed E-state index contributed by atoms with van der Waals surface area (Å²) in [6.07, 6.45) is 6.10. The van der Waals surface area contributed by atoms with Gasteiger partial charge < -0.3 is 9.11 Å². The van der Waals surface area contributed by atoms with Crippen molar-refractivity contribution in [2.75, 3.05) is 0 Å². The summed E-state index contributed by atoms with van der Waals surface area (Å²) in [5.41, 5.74) is 0.681. The number of aromatic nitrogens is 2. The molecular weight excluding hydrogens is 344 g/mol. The van der Waals surface area contributed by atoms with Gasteiger partial charge in [0, 0.05) is 12.1 Å². The van der Waals surface area contributed by atoms with Gasteiger partial charge in [0.05, 0.1) is 0 Å². The second-order valence-corrected chi connectivity index (χ2v) is 7.53. The lowest BCUT2D eigenvalue weighted by molar-refractivity contribution is -0.381. The average molecular weight is 358 g/mol. The minimum atomic E-state index is -4.59. The number of aryl methyl sites for hydroxylation is 2. The molecule has 124 valence electrons. The van der Waals surface area contributed by atoms with E-state index >= 15 is 0 Å². The lowest BCUT2D eigenvalue weighted by Crippen LogP contribution is -2.12. The molecule has 10 heteroatoms. The highest BCUT2D eigenvalue weighted by Gasteiger charge is 2.14. The largest absolute Gasteiger partial charge is 0.744 e. The molecule has 0 aliphatic rings. The smallest absolute Gasteiger partial charge is 0.184 e. The molecule has 0 radical (unpaired) electrons. The van der Waals surface area contributed by atoms with Crippen molar-refractivity contribution in [2.24, 2.45) is 0 Å². The Morgan fingerprint density at radius 3 is 1.52 bits per heavy atom. The van der Waals surface area contributed by atoms with Crippen molar-refractivity contribution < 1.29 is 35.9 Å². The molecule has 0 fully saturated rings. The van der Waals surface area contributed by atoms with Gasteiger partial charge >= 0.3 is 0 Å². The van der Waals surface area contributed by atoms with Crippen LogP contribution in [0.15, 0.2) is 46.7 Å². The van der Waals surface area contributed by atoms with Gasteiger partial charge in [-0.2, -0.15) is 0 Å². The summed E-state index contributed by atoms with van der Waals surface area (Å²) in [6.45, 7) is 0. The monoisotopic (exact) mass is 358 g/mol. The van der Waals surface area contributed by atoms with Gasteiger partial charge in [-0.25, -0.2) is 26.8 Å². The molecule has 0 unspecified atom stereocenters. The van der Waals surface area contributed by atoms with Gasteiger partial charge in [-0.3, -0.25) is 0 Å². The van der Waals surface area contributed by atoms with Crippen molar-refractivity contribution in [1.82, 2.24) is 0 Å². The normalized spacial score (nSPS) is 12.3. The van der Waals surface area contributed by atoms with Crippen molar-refractivity contribution in [3.8, 4) is 0 Å². The van der Waals surface area contributed by atoms with Crippen LogP contribution in [-0.4, -0.2) is 25.9 Å². The van der Waals surface area contributed by atoms with E-state index in [-0.39, 0.29) is 22.6 Å². The molecule has 2 rings (SSSR count). The SMILES string of the molecule is O=S(=O)([O-])c1c[nH+]ccc1CCCc1cc[nH+]cc1S(=O)(=O)[O-]. The van der Waals surface area contributed by atoms with Crippen LogP contribution < -0.4 is 9.97 Å². The third kappa shape index (κ3) is 4.55. The fourth-order valence-corrected chi connectivity index (χ4v) is 3.65. The van der Waals surface area contributed by atoms with Crippen LogP contribution >= 0.6 is 0 Å². The first-order valence-electron chi connectivity index (χ1n) is 6.59. The summed E-state index contributed by atoms with van der Waals surface area (Å²) >= 11 is 0. The maximum atomic E-state index is 11.2. The molecule has 0 aromatic carbocycles. The second-order valence-electron chi connectivity index (χ2n) is 4.83. The van der Waals surface area contributed by atoms with E-state index in [0.717, 1.165) is 12.4 Å². The van der Waals surface area contributed by atoms with Crippen LogP contribution in [0.5, 0.6) is 0 Å². The number of rotatable bonds is 6. The van der Waals surface area contributed by atoms with Crippen LogP contribution in [0, 0.1) is 0 Å². The van der Waals surface area contributed by atoms with Crippen molar-refractivity contribution in [3.05, 3.63) is 48.0 Å². The quantitative estimate of drug-likeness (QED) is 0.625. The lowest BCUT2D eigenvalue weighted by Gasteiger charge is -2.11. The molecule has 2 aromatic rings. The number of hydrogen-bond donors (Lipinski definition) is 0. The van der Waals surface area contributed by atoms with Gasteiger partial charge in [0.15, 0.2) is 24.8 Å². The number of pyridine rings is 2. The Morgan fingerprint density at radius 2 is 1.17 bits per heavy atom. The first-order valence-corrected chi connectivity index (χ1v) is 9.41. The van der Waals surface area contributed by atoms with Crippen LogP contribution in [0.1, 0.15) is 17.5 Å². The minimum absolute atomic E-state index is 0.252. The zero-order valence-corrected chi connectivity index (χ0v) is 13.5. The summed E-state index contributed by atoms with van der Waals surface area (Å²) in [7, 11) is -9.18. The first-order chi connectivity index (χ1) is 10.7. The highest BCUT2D eigenvalue weighted by Crippen LogP contribution is 2.18. The van der Waals surface area contributed by atoms with Crippen LogP contribution in [-0.2, 0) is 33.1 Å². The zero-order chi connectivity index (χ0) is 17.1. The van der Waals surface area contributed by atoms with Crippen molar-refractivity contribution >= 4 is 20.2 Å². The molecule has 0 saturated carbocycles.